The summed E-state index contributed by atoms with van der Waals surface area (Å²) in [5, 5.41) is 3.37. The van der Waals surface area contributed by atoms with Gasteiger partial charge in [0, 0.05) is 48.3 Å². The SMILES string of the molecule is COc1ccc(C(=O)CCC(=O)NCC2Cc3cc(-c4cncnc4)cc(Cl)c3O2)cc1. The molecule has 0 radical (unpaired) electrons. The van der Waals surface area contributed by atoms with E-state index >= 15 is 0 Å². The van der Waals surface area contributed by atoms with Gasteiger partial charge in [-0.25, -0.2) is 9.97 Å². The molecule has 32 heavy (non-hydrogen) atoms. The minimum absolute atomic E-state index is 0.0865. The van der Waals surface area contributed by atoms with Gasteiger partial charge in [0.1, 0.15) is 23.9 Å². The van der Waals surface area contributed by atoms with Crippen LogP contribution in [0.1, 0.15) is 28.8 Å². The molecule has 0 spiro atoms. The fourth-order valence-electron chi connectivity index (χ4n) is 3.58. The predicted molar refractivity (Wildman–Crippen MR) is 120 cm³/mol. The number of ketones is 1. The quantitative estimate of drug-likeness (QED) is 0.522. The van der Waals surface area contributed by atoms with Gasteiger partial charge in [-0.1, -0.05) is 11.6 Å². The molecule has 4 rings (SSSR count). The van der Waals surface area contributed by atoms with E-state index in [1.54, 1.807) is 43.8 Å². The lowest BCUT2D eigenvalue weighted by Gasteiger charge is -2.12. The number of hydrogen-bond acceptors (Lipinski definition) is 6. The molecule has 0 aliphatic carbocycles. The number of rotatable bonds is 8. The number of methoxy groups -OCH3 is 1. The lowest BCUT2D eigenvalue weighted by atomic mass is 10.0. The van der Waals surface area contributed by atoms with Gasteiger partial charge in [-0.05, 0) is 42.0 Å². The molecule has 2 heterocycles. The van der Waals surface area contributed by atoms with Crippen LogP contribution in [0.3, 0.4) is 0 Å². The van der Waals surface area contributed by atoms with Crippen LogP contribution in [0.25, 0.3) is 11.1 Å². The number of amides is 1. The van der Waals surface area contributed by atoms with Gasteiger partial charge in [0.05, 0.1) is 18.7 Å². The van der Waals surface area contributed by atoms with Crippen LogP contribution in [0.4, 0.5) is 0 Å². The number of aromatic nitrogens is 2. The van der Waals surface area contributed by atoms with Crippen molar-refractivity contribution in [1.29, 1.82) is 0 Å². The van der Waals surface area contributed by atoms with Crippen LogP contribution >= 0.6 is 11.6 Å². The van der Waals surface area contributed by atoms with Crippen LogP contribution in [0.5, 0.6) is 11.5 Å². The predicted octanol–water partition coefficient (Wildman–Crippen LogP) is 3.89. The Morgan fingerprint density at radius 2 is 1.88 bits per heavy atom. The summed E-state index contributed by atoms with van der Waals surface area (Å²) in [6.07, 6.45) is 5.59. The van der Waals surface area contributed by atoms with Crippen molar-refractivity contribution in [1.82, 2.24) is 15.3 Å². The van der Waals surface area contributed by atoms with Gasteiger partial charge in [-0.3, -0.25) is 9.59 Å². The summed E-state index contributed by atoms with van der Waals surface area (Å²) >= 11 is 6.42. The molecule has 1 aromatic heterocycles. The van der Waals surface area contributed by atoms with E-state index in [0.29, 0.717) is 35.1 Å². The zero-order valence-corrected chi connectivity index (χ0v) is 18.3. The van der Waals surface area contributed by atoms with Gasteiger partial charge < -0.3 is 14.8 Å². The number of nitrogens with one attached hydrogen (secondary N) is 1. The molecular weight excluding hydrogens is 430 g/mol. The Morgan fingerprint density at radius 1 is 1.12 bits per heavy atom. The van der Waals surface area contributed by atoms with E-state index in [2.05, 4.69) is 15.3 Å². The van der Waals surface area contributed by atoms with E-state index in [1.165, 1.54) is 6.33 Å². The monoisotopic (exact) mass is 451 g/mol. The van der Waals surface area contributed by atoms with E-state index in [4.69, 9.17) is 21.1 Å². The molecule has 2 aromatic carbocycles. The molecular formula is C24H22ClN3O4. The van der Waals surface area contributed by atoms with Gasteiger partial charge in [0.15, 0.2) is 5.78 Å². The van der Waals surface area contributed by atoms with Crippen LogP contribution in [0.15, 0.2) is 55.1 Å². The standard InChI is InChI=1S/C24H22ClN3O4/c1-31-19-4-2-15(3-5-19)22(29)6-7-23(30)28-13-20-9-17-8-16(10-21(25)24(17)32-20)18-11-26-14-27-12-18/h2-5,8,10-12,14,20H,6-7,9,13H2,1H3,(H,28,30). The molecule has 1 amide bonds. The normalized spacial score (nSPS) is 14.4. The highest BCUT2D eigenvalue weighted by Crippen LogP contribution is 2.39. The van der Waals surface area contributed by atoms with Crippen LogP contribution < -0.4 is 14.8 Å². The van der Waals surface area contributed by atoms with Crippen molar-refractivity contribution in [3.63, 3.8) is 0 Å². The second-order valence-electron chi connectivity index (χ2n) is 7.47. The number of carbonyl (C=O) groups excluding carboxylic acids is 2. The summed E-state index contributed by atoms with van der Waals surface area (Å²) in [5.41, 5.74) is 3.32. The highest BCUT2D eigenvalue weighted by Gasteiger charge is 2.26. The molecule has 1 aliphatic rings. The molecule has 1 atom stereocenters. The van der Waals surface area contributed by atoms with E-state index in [1.807, 2.05) is 12.1 Å². The zero-order chi connectivity index (χ0) is 22.5. The van der Waals surface area contributed by atoms with E-state index in [-0.39, 0.29) is 30.6 Å². The second-order valence-corrected chi connectivity index (χ2v) is 7.88. The maximum absolute atomic E-state index is 12.3. The third-order valence-electron chi connectivity index (χ3n) is 5.26. The molecule has 1 unspecified atom stereocenters. The molecule has 0 bridgehead atoms. The number of halogens is 1. The molecule has 0 saturated carbocycles. The average Bonchev–Trinajstić information content (AvgIpc) is 3.25. The Balaban J connectivity index is 1.28. The molecule has 1 N–H and O–H groups in total. The lowest BCUT2D eigenvalue weighted by Crippen LogP contribution is -2.34. The maximum Gasteiger partial charge on any atom is 0.220 e. The first-order valence-electron chi connectivity index (χ1n) is 10.2. The molecule has 1 aliphatic heterocycles. The number of fused-ring (bicyclic) bond motifs is 1. The fraction of sp³-hybridized carbons (Fsp3) is 0.250. The van der Waals surface area contributed by atoms with E-state index in [9.17, 15) is 9.59 Å². The van der Waals surface area contributed by atoms with Gasteiger partial charge in [0.2, 0.25) is 5.91 Å². The van der Waals surface area contributed by atoms with Crippen LogP contribution in [0.2, 0.25) is 5.02 Å². The molecule has 3 aromatic rings. The van der Waals surface area contributed by atoms with Crippen molar-refractivity contribution in [2.45, 2.75) is 25.4 Å². The lowest BCUT2D eigenvalue weighted by molar-refractivity contribution is -0.121. The first-order valence-corrected chi connectivity index (χ1v) is 10.6. The number of ether oxygens (including phenoxy) is 2. The Labute approximate surface area is 190 Å². The molecule has 164 valence electrons. The topological polar surface area (TPSA) is 90.4 Å². The zero-order valence-electron chi connectivity index (χ0n) is 17.5. The highest BCUT2D eigenvalue weighted by atomic mass is 35.5. The summed E-state index contributed by atoms with van der Waals surface area (Å²) in [4.78, 5) is 32.6. The minimum atomic E-state index is -0.217. The van der Waals surface area contributed by atoms with E-state index < -0.39 is 0 Å². The van der Waals surface area contributed by atoms with Gasteiger partial charge in [0.25, 0.3) is 0 Å². The number of hydrogen-bond donors (Lipinski definition) is 1. The molecule has 8 heteroatoms. The van der Waals surface area contributed by atoms with Crippen molar-refractivity contribution in [2.24, 2.45) is 0 Å². The van der Waals surface area contributed by atoms with Crippen LogP contribution in [-0.2, 0) is 11.2 Å². The largest absolute Gasteiger partial charge is 0.497 e. The van der Waals surface area contributed by atoms with Gasteiger partial charge in [-0.15, -0.1) is 0 Å². The number of benzene rings is 2. The summed E-state index contributed by atoms with van der Waals surface area (Å²) in [6.45, 7) is 0.338. The van der Waals surface area contributed by atoms with Crippen molar-refractivity contribution in [3.05, 3.63) is 71.3 Å². The smallest absolute Gasteiger partial charge is 0.220 e. The fourth-order valence-corrected chi connectivity index (χ4v) is 3.86. The van der Waals surface area contributed by atoms with Crippen molar-refractivity contribution in [3.8, 4) is 22.6 Å². The van der Waals surface area contributed by atoms with Gasteiger partial charge in [-0.2, -0.15) is 0 Å². The average molecular weight is 452 g/mol. The third kappa shape index (κ3) is 5.06. The molecule has 0 saturated heterocycles. The summed E-state index contributed by atoms with van der Waals surface area (Å²) in [6, 6.07) is 10.7. The summed E-state index contributed by atoms with van der Waals surface area (Å²) in [5.74, 6) is 1.04. The Morgan fingerprint density at radius 3 is 2.59 bits per heavy atom. The van der Waals surface area contributed by atoms with Gasteiger partial charge >= 0.3 is 0 Å². The molecule has 7 nitrogen and oxygen atoms in total. The first kappa shape index (κ1) is 21.8. The van der Waals surface area contributed by atoms with Crippen molar-refractivity contribution in [2.75, 3.05) is 13.7 Å². The number of carbonyl (C=O) groups is 2. The summed E-state index contributed by atoms with van der Waals surface area (Å²) in [7, 11) is 1.57. The number of Topliss-reactive ketones (excluding diaryl/α,β-unsaturated/α-hetero) is 1. The van der Waals surface area contributed by atoms with Crippen LogP contribution in [-0.4, -0.2) is 41.4 Å². The Kier molecular flexibility index (Phi) is 6.66. The molecule has 0 fully saturated rings. The minimum Gasteiger partial charge on any atom is -0.497 e. The van der Waals surface area contributed by atoms with Crippen molar-refractivity contribution >= 4 is 23.3 Å². The Hall–Kier alpha value is -3.45. The Bertz CT molecular complexity index is 1120. The van der Waals surface area contributed by atoms with Crippen molar-refractivity contribution < 1.29 is 19.1 Å². The van der Waals surface area contributed by atoms with Crippen LogP contribution in [0, 0.1) is 0 Å². The highest BCUT2D eigenvalue weighted by molar-refractivity contribution is 6.32. The second kappa shape index (κ2) is 9.78. The maximum atomic E-state index is 12.3. The van der Waals surface area contributed by atoms with E-state index in [0.717, 1.165) is 16.7 Å². The first-order chi connectivity index (χ1) is 15.5. The third-order valence-corrected chi connectivity index (χ3v) is 5.55. The summed E-state index contributed by atoms with van der Waals surface area (Å²) < 4.78 is 11.0. The number of nitrogens with zero attached hydrogens (tertiary/aromatic N) is 2.